The van der Waals surface area contributed by atoms with E-state index in [4.69, 9.17) is 5.11 Å². The highest BCUT2D eigenvalue weighted by Gasteiger charge is 2.16. The summed E-state index contributed by atoms with van der Waals surface area (Å²) in [7, 11) is 0. The molecule has 0 spiro atoms. The van der Waals surface area contributed by atoms with Gasteiger partial charge in [-0.2, -0.15) is 5.10 Å². The van der Waals surface area contributed by atoms with E-state index < -0.39 is 5.97 Å². The molecular formula is C11H11N3O2. The first-order valence-electron chi connectivity index (χ1n) is 4.79. The highest BCUT2D eigenvalue weighted by atomic mass is 16.4. The summed E-state index contributed by atoms with van der Waals surface area (Å²) in [5.41, 5.74) is 1.51. The Hall–Kier alpha value is -2.30. The minimum absolute atomic E-state index is 0.170. The number of benzene rings is 1. The minimum atomic E-state index is -0.996. The lowest BCUT2D eigenvalue weighted by molar-refractivity contribution is 0.0697. The van der Waals surface area contributed by atoms with Crippen LogP contribution in [-0.2, 0) is 0 Å². The van der Waals surface area contributed by atoms with Crippen molar-refractivity contribution in [2.24, 2.45) is 0 Å². The number of aromatic nitrogens is 2. The molecule has 0 saturated heterocycles. The van der Waals surface area contributed by atoms with Crippen molar-refractivity contribution in [3.63, 3.8) is 0 Å². The van der Waals surface area contributed by atoms with Gasteiger partial charge in [-0.05, 0) is 19.1 Å². The van der Waals surface area contributed by atoms with E-state index in [0.29, 0.717) is 11.5 Å². The first-order chi connectivity index (χ1) is 7.68. The quantitative estimate of drug-likeness (QED) is 0.736. The van der Waals surface area contributed by atoms with Gasteiger partial charge in [-0.3, -0.25) is 5.10 Å². The molecule has 3 N–H and O–H groups in total. The first-order valence-corrected chi connectivity index (χ1v) is 4.79. The maximum Gasteiger partial charge on any atom is 0.341 e. The van der Waals surface area contributed by atoms with Crippen molar-refractivity contribution in [3.8, 4) is 0 Å². The van der Waals surface area contributed by atoms with Gasteiger partial charge in [0, 0.05) is 11.4 Å². The summed E-state index contributed by atoms with van der Waals surface area (Å²) in [5, 5.41) is 18.5. The third-order valence-corrected chi connectivity index (χ3v) is 2.20. The SMILES string of the molecule is Cc1[nH]nc(Nc2ccccc2)c1C(=O)O. The molecule has 0 aliphatic carbocycles. The van der Waals surface area contributed by atoms with Gasteiger partial charge in [-0.15, -0.1) is 0 Å². The second-order valence-electron chi connectivity index (χ2n) is 3.37. The van der Waals surface area contributed by atoms with Crippen LogP contribution in [0.1, 0.15) is 16.1 Å². The predicted octanol–water partition coefficient (Wildman–Crippen LogP) is 2.16. The lowest BCUT2D eigenvalue weighted by atomic mass is 10.2. The number of hydrogen-bond acceptors (Lipinski definition) is 3. The van der Waals surface area contributed by atoms with Gasteiger partial charge in [-0.1, -0.05) is 18.2 Å². The van der Waals surface area contributed by atoms with Gasteiger partial charge >= 0.3 is 5.97 Å². The van der Waals surface area contributed by atoms with E-state index >= 15 is 0 Å². The van der Waals surface area contributed by atoms with Gasteiger partial charge in [0.25, 0.3) is 0 Å². The van der Waals surface area contributed by atoms with Gasteiger partial charge < -0.3 is 10.4 Å². The molecule has 5 nitrogen and oxygen atoms in total. The van der Waals surface area contributed by atoms with E-state index in [1.54, 1.807) is 6.92 Å². The van der Waals surface area contributed by atoms with E-state index in [-0.39, 0.29) is 5.56 Å². The fraction of sp³-hybridized carbons (Fsp3) is 0.0909. The van der Waals surface area contributed by atoms with Gasteiger partial charge in [0.15, 0.2) is 5.82 Å². The number of aromatic amines is 1. The average Bonchev–Trinajstić information content (AvgIpc) is 2.61. The smallest absolute Gasteiger partial charge is 0.341 e. The molecular weight excluding hydrogens is 206 g/mol. The Labute approximate surface area is 92.1 Å². The minimum Gasteiger partial charge on any atom is -0.477 e. The maximum atomic E-state index is 11.0. The number of H-pyrrole nitrogens is 1. The number of hydrogen-bond donors (Lipinski definition) is 3. The van der Waals surface area contributed by atoms with Gasteiger partial charge in [0.05, 0.1) is 0 Å². The molecule has 0 atom stereocenters. The summed E-state index contributed by atoms with van der Waals surface area (Å²) in [6.07, 6.45) is 0. The molecule has 1 heterocycles. The highest BCUT2D eigenvalue weighted by Crippen LogP contribution is 2.20. The summed E-state index contributed by atoms with van der Waals surface area (Å²) in [4.78, 5) is 11.0. The van der Waals surface area contributed by atoms with Crippen LogP contribution in [0.3, 0.4) is 0 Å². The molecule has 2 rings (SSSR count). The number of para-hydroxylation sites is 1. The molecule has 1 aromatic carbocycles. The van der Waals surface area contributed by atoms with Crippen molar-refractivity contribution >= 4 is 17.5 Å². The molecule has 0 saturated carbocycles. The lowest BCUT2D eigenvalue weighted by Gasteiger charge is -2.03. The van der Waals surface area contributed by atoms with Crippen LogP contribution < -0.4 is 5.32 Å². The number of carbonyl (C=O) groups is 1. The van der Waals surface area contributed by atoms with Gasteiger partial charge in [0.1, 0.15) is 5.56 Å². The summed E-state index contributed by atoms with van der Waals surface area (Å²) in [6, 6.07) is 9.30. The second kappa shape index (κ2) is 4.06. The van der Waals surface area contributed by atoms with Crippen molar-refractivity contribution in [3.05, 3.63) is 41.6 Å². The molecule has 0 aliphatic heterocycles. The summed E-state index contributed by atoms with van der Waals surface area (Å²) in [5.74, 6) is -0.666. The Morgan fingerprint density at radius 3 is 2.69 bits per heavy atom. The van der Waals surface area contributed by atoms with Crippen molar-refractivity contribution < 1.29 is 9.90 Å². The van der Waals surface area contributed by atoms with E-state index in [9.17, 15) is 4.79 Å². The number of rotatable bonds is 3. The Bertz CT molecular complexity index is 505. The average molecular weight is 217 g/mol. The normalized spacial score (nSPS) is 10.1. The molecule has 0 unspecified atom stereocenters. The zero-order valence-corrected chi connectivity index (χ0v) is 8.69. The molecule has 0 radical (unpaired) electrons. The maximum absolute atomic E-state index is 11.0. The standard InChI is InChI=1S/C11H11N3O2/c1-7-9(11(15)16)10(14-13-7)12-8-5-3-2-4-6-8/h2-6H,1H3,(H,15,16)(H2,12,13,14). The van der Waals surface area contributed by atoms with E-state index in [1.165, 1.54) is 0 Å². The fourth-order valence-corrected chi connectivity index (χ4v) is 1.44. The van der Waals surface area contributed by atoms with E-state index in [0.717, 1.165) is 5.69 Å². The van der Waals surface area contributed by atoms with Crippen molar-refractivity contribution in [1.82, 2.24) is 10.2 Å². The van der Waals surface area contributed by atoms with Crippen LogP contribution in [0.25, 0.3) is 0 Å². The van der Waals surface area contributed by atoms with Crippen molar-refractivity contribution in [1.29, 1.82) is 0 Å². The highest BCUT2D eigenvalue weighted by molar-refractivity contribution is 5.95. The molecule has 1 aromatic heterocycles. The van der Waals surface area contributed by atoms with Crippen LogP contribution in [0, 0.1) is 6.92 Å². The fourth-order valence-electron chi connectivity index (χ4n) is 1.44. The Morgan fingerprint density at radius 1 is 1.38 bits per heavy atom. The van der Waals surface area contributed by atoms with Crippen LogP contribution >= 0.6 is 0 Å². The molecule has 2 aromatic rings. The number of aromatic carboxylic acids is 1. The molecule has 0 aliphatic rings. The molecule has 0 fully saturated rings. The van der Waals surface area contributed by atoms with Crippen LogP contribution in [0.15, 0.2) is 30.3 Å². The molecule has 0 amide bonds. The van der Waals surface area contributed by atoms with E-state index in [2.05, 4.69) is 15.5 Å². The van der Waals surface area contributed by atoms with Crippen LogP contribution in [-0.4, -0.2) is 21.3 Å². The Balaban J connectivity index is 2.32. The third kappa shape index (κ3) is 1.88. The Morgan fingerprint density at radius 2 is 2.06 bits per heavy atom. The zero-order chi connectivity index (χ0) is 11.5. The van der Waals surface area contributed by atoms with Crippen LogP contribution in [0.2, 0.25) is 0 Å². The number of nitrogens with one attached hydrogen (secondary N) is 2. The third-order valence-electron chi connectivity index (χ3n) is 2.20. The van der Waals surface area contributed by atoms with Crippen molar-refractivity contribution in [2.45, 2.75) is 6.92 Å². The summed E-state index contributed by atoms with van der Waals surface area (Å²) in [6.45, 7) is 1.67. The molecule has 82 valence electrons. The number of aryl methyl sites for hydroxylation is 1. The van der Waals surface area contributed by atoms with Crippen LogP contribution in [0.4, 0.5) is 11.5 Å². The Kier molecular flexibility index (Phi) is 2.59. The van der Waals surface area contributed by atoms with Gasteiger partial charge in [-0.25, -0.2) is 4.79 Å². The zero-order valence-electron chi connectivity index (χ0n) is 8.69. The topological polar surface area (TPSA) is 78.0 Å². The molecule has 5 heteroatoms. The predicted molar refractivity (Wildman–Crippen MR) is 60.0 cm³/mol. The summed E-state index contributed by atoms with van der Waals surface area (Å²) < 4.78 is 0. The number of carboxylic acid groups (broad SMARTS) is 1. The summed E-state index contributed by atoms with van der Waals surface area (Å²) >= 11 is 0. The van der Waals surface area contributed by atoms with Crippen LogP contribution in [0.5, 0.6) is 0 Å². The lowest BCUT2D eigenvalue weighted by Crippen LogP contribution is -2.02. The number of carboxylic acids is 1. The first kappa shape index (κ1) is 10.2. The molecule has 0 bridgehead atoms. The monoisotopic (exact) mass is 217 g/mol. The van der Waals surface area contributed by atoms with Gasteiger partial charge in [0.2, 0.25) is 0 Å². The number of nitrogens with zero attached hydrogens (tertiary/aromatic N) is 1. The second-order valence-corrected chi connectivity index (χ2v) is 3.37. The largest absolute Gasteiger partial charge is 0.477 e. The van der Waals surface area contributed by atoms with Crippen molar-refractivity contribution in [2.75, 3.05) is 5.32 Å². The number of anilines is 2. The van der Waals surface area contributed by atoms with E-state index in [1.807, 2.05) is 30.3 Å². The molecule has 16 heavy (non-hydrogen) atoms.